The molecule has 1 aliphatic heterocycles. The van der Waals surface area contributed by atoms with Crippen LogP contribution in [0.1, 0.15) is 12.0 Å². The smallest absolute Gasteiger partial charge is 0.322 e. The number of carbonyl (C=O) groups excluding carboxylic acids is 3. The summed E-state index contributed by atoms with van der Waals surface area (Å²) in [6, 6.07) is 12.9. The molecule has 0 saturated carbocycles. The average Bonchev–Trinajstić information content (AvgIpc) is 2.96. The molecule has 0 aromatic heterocycles. The third-order valence-electron chi connectivity index (χ3n) is 4.29. The number of amides is 4. The Morgan fingerprint density at radius 3 is 2.19 bits per heavy atom. The van der Waals surface area contributed by atoms with Crippen LogP contribution in [0.4, 0.5) is 4.79 Å². The van der Waals surface area contributed by atoms with E-state index in [1.165, 1.54) is 0 Å². The number of benzene rings is 2. The summed E-state index contributed by atoms with van der Waals surface area (Å²) in [6.45, 7) is 0. The van der Waals surface area contributed by atoms with Crippen LogP contribution in [0, 0.1) is 5.92 Å². The van der Waals surface area contributed by atoms with E-state index < -0.39 is 29.8 Å². The van der Waals surface area contributed by atoms with Gasteiger partial charge in [0.15, 0.2) is 0 Å². The molecule has 27 heavy (non-hydrogen) atoms. The van der Waals surface area contributed by atoms with Gasteiger partial charge in [-0.2, -0.15) is 0 Å². The number of nitrogens with two attached hydrogens (primary N) is 1. The highest BCUT2D eigenvalue weighted by atomic mass is 35.5. The number of aryl methyl sites for hydroxylation is 1. The van der Waals surface area contributed by atoms with E-state index in [4.69, 9.17) is 22.1 Å². The highest BCUT2D eigenvalue weighted by molar-refractivity contribution is 6.30. The standard InChI is InChI=1S/C19H18ClN3O4/c20-12-4-8-14(9-5-12)27-13-6-1-11(2-7-13)3-10-15(17(21)24)16-18(25)23-19(26)22-16/h1-2,4-9,15-16H,3,10H2,(H2,21,24)(H2,22,23,25,26). The Balaban J connectivity index is 1.60. The number of hydrogen-bond acceptors (Lipinski definition) is 4. The van der Waals surface area contributed by atoms with Crippen molar-refractivity contribution in [3.05, 3.63) is 59.1 Å². The molecule has 140 valence electrons. The van der Waals surface area contributed by atoms with Crippen LogP contribution in [-0.2, 0) is 16.0 Å². The van der Waals surface area contributed by atoms with Crippen LogP contribution in [0.3, 0.4) is 0 Å². The fraction of sp³-hybridized carbons (Fsp3) is 0.211. The Hall–Kier alpha value is -3.06. The molecule has 0 aliphatic carbocycles. The SMILES string of the molecule is NC(=O)C(CCc1ccc(Oc2ccc(Cl)cc2)cc1)C1NC(=O)NC1=O. The minimum absolute atomic E-state index is 0.338. The summed E-state index contributed by atoms with van der Waals surface area (Å²) in [7, 11) is 0. The van der Waals surface area contributed by atoms with Crippen molar-refractivity contribution in [1.29, 1.82) is 0 Å². The summed E-state index contributed by atoms with van der Waals surface area (Å²) in [5.41, 5.74) is 6.36. The molecule has 2 atom stereocenters. The molecule has 1 saturated heterocycles. The lowest BCUT2D eigenvalue weighted by atomic mass is 9.92. The summed E-state index contributed by atoms with van der Waals surface area (Å²) in [4.78, 5) is 34.7. The van der Waals surface area contributed by atoms with E-state index in [9.17, 15) is 14.4 Å². The van der Waals surface area contributed by atoms with Gasteiger partial charge >= 0.3 is 6.03 Å². The molecule has 2 aromatic rings. The molecule has 2 unspecified atom stereocenters. The van der Waals surface area contributed by atoms with Crippen molar-refractivity contribution in [1.82, 2.24) is 10.6 Å². The third kappa shape index (κ3) is 4.77. The maximum atomic E-state index is 11.8. The van der Waals surface area contributed by atoms with Crippen molar-refractivity contribution in [2.24, 2.45) is 11.7 Å². The summed E-state index contributed by atoms with van der Waals surface area (Å²) in [5.74, 6) is -0.601. The number of hydrogen-bond donors (Lipinski definition) is 3. The molecule has 1 fully saturated rings. The van der Waals surface area contributed by atoms with Gasteiger partial charge in [0.1, 0.15) is 17.5 Å². The Kier molecular flexibility index (Phi) is 5.61. The molecule has 4 amide bonds. The fourth-order valence-corrected chi connectivity index (χ4v) is 3.00. The van der Waals surface area contributed by atoms with E-state index in [-0.39, 0.29) is 0 Å². The number of carbonyl (C=O) groups is 3. The number of imide groups is 1. The molecule has 1 heterocycles. The van der Waals surface area contributed by atoms with Crippen molar-refractivity contribution >= 4 is 29.4 Å². The monoisotopic (exact) mass is 387 g/mol. The van der Waals surface area contributed by atoms with Gasteiger partial charge in [-0.25, -0.2) is 4.79 Å². The molecule has 0 bridgehead atoms. The predicted molar refractivity (Wildman–Crippen MR) is 99.4 cm³/mol. The van der Waals surface area contributed by atoms with E-state index >= 15 is 0 Å². The van der Waals surface area contributed by atoms with E-state index in [0.717, 1.165) is 5.56 Å². The second-order valence-electron chi connectivity index (χ2n) is 6.19. The van der Waals surface area contributed by atoms with Gasteiger partial charge in [-0.3, -0.25) is 14.9 Å². The Bertz CT molecular complexity index is 852. The lowest BCUT2D eigenvalue weighted by Crippen LogP contribution is -2.44. The molecule has 7 nitrogen and oxygen atoms in total. The topological polar surface area (TPSA) is 111 Å². The predicted octanol–water partition coefficient (Wildman–Crippen LogP) is 2.37. The van der Waals surface area contributed by atoms with Crippen LogP contribution in [0.15, 0.2) is 48.5 Å². The van der Waals surface area contributed by atoms with Crippen molar-refractivity contribution < 1.29 is 19.1 Å². The highest BCUT2D eigenvalue weighted by Crippen LogP contribution is 2.24. The number of primary amides is 1. The maximum Gasteiger partial charge on any atom is 0.322 e. The van der Waals surface area contributed by atoms with E-state index in [2.05, 4.69) is 10.6 Å². The highest BCUT2D eigenvalue weighted by Gasteiger charge is 2.38. The Morgan fingerprint density at radius 2 is 1.67 bits per heavy atom. The van der Waals surface area contributed by atoms with E-state index in [1.54, 1.807) is 24.3 Å². The van der Waals surface area contributed by atoms with Crippen LogP contribution < -0.4 is 21.1 Å². The summed E-state index contributed by atoms with van der Waals surface area (Å²) >= 11 is 5.85. The first-order valence-electron chi connectivity index (χ1n) is 8.35. The zero-order chi connectivity index (χ0) is 19.4. The normalized spacial score (nSPS) is 17.1. The third-order valence-corrected chi connectivity index (χ3v) is 4.54. The summed E-state index contributed by atoms with van der Waals surface area (Å²) < 4.78 is 5.73. The first-order chi connectivity index (χ1) is 12.9. The van der Waals surface area contributed by atoms with Crippen LogP contribution in [-0.4, -0.2) is 23.9 Å². The summed E-state index contributed by atoms with van der Waals surface area (Å²) in [6.07, 6.45) is 0.861. The maximum absolute atomic E-state index is 11.8. The average molecular weight is 388 g/mol. The molecule has 1 aliphatic rings. The molecule has 2 aromatic carbocycles. The number of urea groups is 1. The minimum Gasteiger partial charge on any atom is -0.457 e. The number of rotatable bonds is 7. The molecule has 3 rings (SSSR count). The van der Waals surface area contributed by atoms with Crippen molar-refractivity contribution in [2.75, 3.05) is 0 Å². The molecule has 0 radical (unpaired) electrons. The molecular formula is C19H18ClN3O4. The van der Waals surface area contributed by atoms with Gasteiger partial charge in [0.05, 0.1) is 5.92 Å². The largest absolute Gasteiger partial charge is 0.457 e. The first-order valence-corrected chi connectivity index (χ1v) is 8.73. The van der Waals surface area contributed by atoms with Gasteiger partial charge in [-0.15, -0.1) is 0 Å². The van der Waals surface area contributed by atoms with Gasteiger partial charge < -0.3 is 15.8 Å². The van der Waals surface area contributed by atoms with Crippen molar-refractivity contribution in [3.63, 3.8) is 0 Å². The molecule has 0 spiro atoms. The van der Waals surface area contributed by atoms with Crippen LogP contribution in [0.2, 0.25) is 5.02 Å². The van der Waals surface area contributed by atoms with Crippen molar-refractivity contribution in [3.8, 4) is 11.5 Å². The number of ether oxygens (including phenoxy) is 1. The van der Waals surface area contributed by atoms with Gasteiger partial charge in [0.2, 0.25) is 5.91 Å². The zero-order valence-corrected chi connectivity index (χ0v) is 15.0. The fourth-order valence-electron chi connectivity index (χ4n) is 2.87. The van der Waals surface area contributed by atoms with Crippen molar-refractivity contribution in [2.45, 2.75) is 18.9 Å². The van der Waals surface area contributed by atoms with Gasteiger partial charge in [0, 0.05) is 5.02 Å². The lowest BCUT2D eigenvalue weighted by Gasteiger charge is -2.18. The zero-order valence-electron chi connectivity index (χ0n) is 14.3. The number of halogens is 1. The van der Waals surface area contributed by atoms with Crippen LogP contribution in [0.5, 0.6) is 11.5 Å². The Morgan fingerprint density at radius 1 is 1.07 bits per heavy atom. The second kappa shape index (κ2) is 8.09. The quantitative estimate of drug-likeness (QED) is 0.633. The Labute approximate surface area is 160 Å². The van der Waals surface area contributed by atoms with Gasteiger partial charge in [-0.1, -0.05) is 23.7 Å². The molecular weight excluding hydrogens is 370 g/mol. The lowest BCUT2D eigenvalue weighted by molar-refractivity contribution is -0.128. The number of nitrogens with one attached hydrogen (secondary N) is 2. The molecule has 8 heteroatoms. The molecule has 4 N–H and O–H groups in total. The first kappa shape index (κ1) is 18.7. The minimum atomic E-state index is -0.928. The van der Waals surface area contributed by atoms with Crippen LogP contribution >= 0.6 is 11.6 Å². The summed E-state index contributed by atoms with van der Waals surface area (Å²) in [5, 5.41) is 5.18. The van der Waals surface area contributed by atoms with Crippen LogP contribution in [0.25, 0.3) is 0 Å². The van der Waals surface area contributed by atoms with Gasteiger partial charge in [0.25, 0.3) is 5.91 Å². The van der Waals surface area contributed by atoms with E-state index in [0.29, 0.717) is 29.4 Å². The van der Waals surface area contributed by atoms with Gasteiger partial charge in [-0.05, 0) is 54.8 Å². The van der Waals surface area contributed by atoms with E-state index in [1.807, 2.05) is 24.3 Å². The second-order valence-corrected chi connectivity index (χ2v) is 6.62.